The third kappa shape index (κ3) is 2.28. The lowest BCUT2D eigenvalue weighted by Gasteiger charge is -1.95. The highest BCUT2D eigenvalue weighted by atomic mass is 19.1. The number of halogens is 1. The van der Waals surface area contributed by atoms with E-state index in [1.54, 1.807) is 30.5 Å². The number of nitrogen functional groups attached to an aromatic ring is 1. The third-order valence-electron chi connectivity index (χ3n) is 2.54. The molecule has 0 unspecified atom stereocenters. The maximum absolute atomic E-state index is 13.1. The second-order valence-corrected chi connectivity index (χ2v) is 3.90. The van der Waals surface area contributed by atoms with Gasteiger partial charge in [0.25, 0.3) is 5.89 Å². The monoisotopic (exact) mass is 256 g/mol. The van der Waals surface area contributed by atoms with Crippen LogP contribution in [0.1, 0.15) is 0 Å². The Morgan fingerprint density at radius 3 is 2.79 bits per heavy atom. The zero-order valence-electron chi connectivity index (χ0n) is 9.75. The number of rotatable bonds is 2. The second kappa shape index (κ2) is 4.49. The quantitative estimate of drug-likeness (QED) is 0.762. The summed E-state index contributed by atoms with van der Waals surface area (Å²) in [6, 6.07) is 9.33. The molecule has 0 spiro atoms. The van der Waals surface area contributed by atoms with Crippen molar-refractivity contribution in [1.29, 1.82) is 0 Å². The molecule has 94 valence electrons. The van der Waals surface area contributed by atoms with E-state index >= 15 is 0 Å². The molecule has 0 aliphatic carbocycles. The molecule has 0 fully saturated rings. The molecule has 5 nitrogen and oxygen atoms in total. The summed E-state index contributed by atoms with van der Waals surface area (Å²) < 4.78 is 18.3. The number of aromatic nitrogens is 3. The van der Waals surface area contributed by atoms with Gasteiger partial charge in [0.1, 0.15) is 11.6 Å². The Morgan fingerprint density at radius 1 is 1.11 bits per heavy atom. The molecule has 2 heterocycles. The summed E-state index contributed by atoms with van der Waals surface area (Å²) in [6.07, 6.45) is 1.55. The van der Waals surface area contributed by atoms with Gasteiger partial charge in [-0.05, 0) is 24.3 Å². The van der Waals surface area contributed by atoms with Crippen LogP contribution < -0.4 is 5.73 Å². The summed E-state index contributed by atoms with van der Waals surface area (Å²) in [5, 5.41) is 3.82. The predicted octanol–water partition coefficient (Wildman–Crippen LogP) is 2.52. The van der Waals surface area contributed by atoms with Gasteiger partial charge in [0.2, 0.25) is 5.82 Å². The maximum atomic E-state index is 13.1. The van der Waals surface area contributed by atoms with Crippen LogP contribution in [0.5, 0.6) is 0 Å². The van der Waals surface area contributed by atoms with Crippen molar-refractivity contribution < 1.29 is 8.91 Å². The molecule has 0 saturated carbocycles. The molecule has 0 saturated heterocycles. The van der Waals surface area contributed by atoms with E-state index in [-0.39, 0.29) is 5.82 Å². The first-order valence-electron chi connectivity index (χ1n) is 5.54. The lowest BCUT2D eigenvalue weighted by atomic mass is 10.2. The Balaban J connectivity index is 2.00. The molecule has 0 radical (unpaired) electrons. The summed E-state index contributed by atoms with van der Waals surface area (Å²) in [5.41, 5.74) is 6.81. The first-order chi connectivity index (χ1) is 9.22. The predicted molar refractivity (Wildman–Crippen MR) is 67.3 cm³/mol. The molecular weight excluding hydrogens is 247 g/mol. The van der Waals surface area contributed by atoms with Gasteiger partial charge >= 0.3 is 0 Å². The normalized spacial score (nSPS) is 10.6. The van der Waals surface area contributed by atoms with Crippen LogP contribution >= 0.6 is 0 Å². The van der Waals surface area contributed by atoms with Crippen molar-refractivity contribution in [2.75, 3.05) is 5.73 Å². The largest absolute Gasteiger partial charge is 0.384 e. The van der Waals surface area contributed by atoms with E-state index in [1.807, 2.05) is 0 Å². The number of anilines is 1. The van der Waals surface area contributed by atoms with Crippen LogP contribution in [0, 0.1) is 5.82 Å². The van der Waals surface area contributed by atoms with Gasteiger partial charge in [0.15, 0.2) is 0 Å². The van der Waals surface area contributed by atoms with Crippen molar-refractivity contribution in [2.45, 2.75) is 0 Å². The van der Waals surface area contributed by atoms with Gasteiger partial charge in [0, 0.05) is 17.3 Å². The van der Waals surface area contributed by atoms with E-state index in [9.17, 15) is 4.39 Å². The smallest absolute Gasteiger partial charge is 0.258 e. The molecule has 3 aromatic rings. The first-order valence-corrected chi connectivity index (χ1v) is 5.54. The van der Waals surface area contributed by atoms with E-state index in [4.69, 9.17) is 10.3 Å². The minimum absolute atomic E-state index is 0.313. The van der Waals surface area contributed by atoms with Crippen LogP contribution in [0.15, 0.2) is 47.1 Å². The van der Waals surface area contributed by atoms with Gasteiger partial charge in [-0.3, -0.25) is 0 Å². The zero-order valence-corrected chi connectivity index (χ0v) is 9.75. The number of nitrogens with zero attached hydrogens (tertiary/aromatic N) is 3. The zero-order chi connectivity index (χ0) is 13.2. The Bertz CT molecular complexity index is 666. The summed E-state index contributed by atoms with van der Waals surface area (Å²) in [7, 11) is 0. The fourth-order valence-electron chi connectivity index (χ4n) is 1.67. The van der Waals surface area contributed by atoms with Crippen molar-refractivity contribution >= 4 is 5.82 Å². The van der Waals surface area contributed by atoms with E-state index in [0.29, 0.717) is 28.7 Å². The standard InChI is InChI=1S/C13H9FN4O/c14-10-3-1-2-8(6-10)12-17-13(19-18-12)9-4-5-16-11(15)7-9/h1-7H,(H2,15,16). The second-order valence-electron chi connectivity index (χ2n) is 3.90. The highest BCUT2D eigenvalue weighted by Crippen LogP contribution is 2.22. The van der Waals surface area contributed by atoms with Gasteiger partial charge in [0.05, 0.1) is 0 Å². The van der Waals surface area contributed by atoms with E-state index in [1.165, 1.54) is 12.1 Å². The maximum Gasteiger partial charge on any atom is 0.258 e. The summed E-state index contributed by atoms with van der Waals surface area (Å²) >= 11 is 0. The van der Waals surface area contributed by atoms with Gasteiger partial charge in [-0.15, -0.1) is 0 Å². The molecule has 0 aliphatic heterocycles. The number of pyridine rings is 1. The average Bonchev–Trinajstić information content (AvgIpc) is 2.88. The molecule has 2 N–H and O–H groups in total. The Morgan fingerprint density at radius 2 is 2.00 bits per heavy atom. The SMILES string of the molecule is Nc1cc(-c2nc(-c3cccc(F)c3)no2)ccn1. The molecule has 0 bridgehead atoms. The van der Waals surface area contributed by atoms with E-state index in [0.717, 1.165) is 0 Å². The molecule has 1 aromatic carbocycles. The van der Waals surface area contributed by atoms with Gasteiger partial charge in [-0.25, -0.2) is 9.37 Å². The third-order valence-corrected chi connectivity index (χ3v) is 2.54. The molecule has 6 heteroatoms. The van der Waals surface area contributed by atoms with Crippen molar-refractivity contribution in [1.82, 2.24) is 15.1 Å². The van der Waals surface area contributed by atoms with Crippen LogP contribution in [0.2, 0.25) is 0 Å². The van der Waals surface area contributed by atoms with Crippen molar-refractivity contribution in [3.63, 3.8) is 0 Å². The molecule has 2 aromatic heterocycles. The first kappa shape index (κ1) is 11.3. The number of benzene rings is 1. The Hall–Kier alpha value is -2.76. The van der Waals surface area contributed by atoms with Crippen LogP contribution in [0.25, 0.3) is 22.8 Å². The molecule has 19 heavy (non-hydrogen) atoms. The lowest BCUT2D eigenvalue weighted by molar-refractivity contribution is 0.432. The fraction of sp³-hybridized carbons (Fsp3) is 0. The van der Waals surface area contributed by atoms with Crippen molar-refractivity contribution in [2.24, 2.45) is 0 Å². The van der Waals surface area contributed by atoms with Crippen LogP contribution in [0.3, 0.4) is 0 Å². The van der Waals surface area contributed by atoms with Gasteiger partial charge < -0.3 is 10.3 Å². The van der Waals surface area contributed by atoms with Crippen LogP contribution in [0.4, 0.5) is 10.2 Å². The Kier molecular flexibility index (Phi) is 2.68. The minimum atomic E-state index is -0.350. The molecule has 0 aliphatic rings. The molecule has 3 rings (SSSR count). The molecule has 0 amide bonds. The summed E-state index contributed by atoms with van der Waals surface area (Å²) in [5.74, 6) is 0.651. The Labute approximate surface area is 107 Å². The van der Waals surface area contributed by atoms with E-state index in [2.05, 4.69) is 15.1 Å². The van der Waals surface area contributed by atoms with Gasteiger partial charge in [-0.1, -0.05) is 17.3 Å². The molecule has 0 atom stereocenters. The van der Waals surface area contributed by atoms with Crippen LogP contribution in [-0.4, -0.2) is 15.1 Å². The number of nitrogens with two attached hydrogens (primary N) is 1. The molecular formula is C13H9FN4O. The number of hydrogen-bond acceptors (Lipinski definition) is 5. The van der Waals surface area contributed by atoms with Crippen LogP contribution in [-0.2, 0) is 0 Å². The topological polar surface area (TPSA) is 77.8 Å². The van der Waals surface area contributed by atoms with E-state index < -0.39 is 0 Å². The fourth-order valence-corrected chi connectivity index (χ4v) is 1.67. The minimum Gasteiger partial charge on any atom is -0.384 e. The highest BCUT2D eigenvalue weighted by Gasteiger charge is 2.11. The van der Waals surface area contributed by atoms with Gasteiger partial charge in [-0.2, -0.15) is 4.98 Å². The van der Waals surface area contributed by atoms with Crippen molar-refractivity contribution in [3.8, 4) is 22.8 Å². The summed E-state index contributed by atoms with van der Waals surface area (Å²) in [4.78, 5) is 8.09. The number of hydrogen-bond donors (Lipinski definition) is 1. The summed E-state index contributed by atoms with van der Waals surface area (Å²) in [6.45, 7) is 0. The average molecular weight is 256 g/mol. The highest BCUT2D eigenvalue weighted by molar-refractivity contribution is 5.61. The van der Waals surface area contributed by atoms with Crippen molar-refractivity contribution in [3.05, 3.63) is 48.4 Å². The lowest BCUT2D eigenvalue weighted by Crippen LogP contribution is -1.89.